The Morgan fingerprint density at radius 3 is 2.40 bits per heavy atom. The molecule has 0 amide bonds. The number of nitrogens with two attached hydrogens (primary N) is 1. The van der Waals surface area contributed by atoms with Crippen molar-refractivity contribution in [3.63, 3.8) is 0 Å². The Balaban J connectivity index is 0.000000396. The summed E-state index contributed by atoms with van der Waals surface area (Å²) in [6.07, 6.45) is -4.60. The summed E-state index contributed by atoms with van der Waals surface area (Å²) in [5.74, 6) is -2.10. The van der Waals surface area contributed by atoms with E-state index in [9.17, 15) is 17.6 Å². The van der Waals surface area contributed by atoms with Gasteiger partial charge in [0.1, 0.15) is 17.4 Å². The van der Waals surface area contributed by atoms with Crippen LogP contribution >= 0.6 is 22.9 Å². The van der Waals surface area contributed by atoms with Gasteiger partial charge in [0.05, 0.1) is 16.5 Å². The van der Waals surface area contributed by atoms with Gasteiger partial charge >= 0.3 is 12.1 Å². The van der Waals surface area contributed by atoms with Crippen molar-refractivity contribution in [3.05, 3.63) is 59.4 Å². The van der Waals surface area contributed by atoms with Crippen molar-refractivity contribution >= 4 is 39.1 Å². The maximum atomic E-state index is 12.4. The third-order valence-corrected chi connectivity index (χ3v) is 4.84. The molecule has 0 saturated carbocycles. The Labute approximate surface area is 177 Å². The number of halogens is 5. The lowest BCUT2D eigenvalue weighted by molar-refractivity contribution is -0.192. The molecule has 0 bridgehead atoms. The molecule has 5 nitrogen and oxygen atoms in total. The highest BCUT2D eigenvalue weighted by molar-refractivity contribution is 7.21. The van der Waals surface area contributed by atoms with Crippen molar-refractivity contribution in [1.29, 1.82) is 0 Å². The van der Waals surface area contributed by atoms with E-state index in [2.05, 4.69) is 4.98 Å². The van der Waals surface area contributed by atoms with Gasteiger partial charge in [-0.3, -0.25) is 0 Å². The fourth-order valence-corrected chi connectivity index (χ4v) is 3.27. The second-order valence-electron chi connectivity index (χ2n) is 5.72. The normalized spacial score (nSPS) is 11.7. The van der Waals surface area contributed by atoms with Crippen LogP contribution in [-0.2, 0) is 4.79 Å². The molecule has 0 unspecified atom stereocenters. The quantitative estimate of drug-likeness (QED) is 0.493. The SMILES string of the molecule is NC/C(=C/F)COc1ccc(-c2nc3ccc(Cl)cc3s2)cc1.O=C(O)C(F)(F)F. The lowest BCUT2D eigenvalue weighted by atomic mass is 10.2. The van der Waals surface area contributed by atoms with Crippen LogP contribution in [0.5, 0.6) is 5.75 Å². The zero-order valence-electron chi connectivity index (χ0n) is 15.1. The number of thiazole rings is 1. The van der Waals surface area contributed by atoms with Crippen LogP contribution in [0.3, 0.4) is 0 Å². The number of ether oxygens (including phenoxy) is 1. The number of carboxylic acid groups (broad SMARTS) is 1. The Morgan fingerprint density at radius 1 is 1.23 bits per heavy atom. The van der Waals surface area contributed by atoms with Crippen molar-refractivity contribution in [2.75, 3.05) is 13.2 Å². The number of fused-ring (bicyclic) bond motifs is 1. The summed E-state index contributed by atoms with van der Waals surface area (Å²) in [7, 11) is 0. The number of nitrogens with zero attached hydrogens (tertiary/aromatic N) is 1. The van der Waals surface area contributed by atoms with Gasteiger partial charge in [-0.1, -0.05) is 11.6 Å². The van der Waals surface area contributed by atoms with E-state index in [-0.39, 0.29) is 13.2 Å². The molecule has 3 aromatic rings. The fourth-order valence-electron chi connectivity index (χ4n) is 2.03. The zero-order chi connectivity index (χ0) is 22.3. The van der Waals surface area contributed by atoms with Gasteiger partial charge in [-0.25, -0.2) is 14.2 Å². The van der Waals surface area contributed by atoms with Crippen molar-refractivity contribution in [1.82, 2.24) is 4.98 Å². The van der Waals surface area contributed by atoms with Crippen LogP contribution in [0.4, 0.5) is 17.6 Å². The minimum atomic E-state index is -5.08. The molecule has 160 valence electrons. The monoisotopic (exact) mass is 462 g/mol. The summed E-state index contributed by atoms with van der Waals surface area (Å²) in [6.45, 7) is 0.287. The molecule has 0 radical (unpaired) electrons. The average Bonchev–Trinajstić information content (AvgIpc) is 3.12. The summed E-state index contributed by atoms with van der Waals surface area (Å²) < 4.78 is 50.7. The third-order valence-electron chi connectivity index (χ3n) is 3.53. The van der Waals surface area contributed by atoms with Crippen LogP contribution in [0, 0.1) is 0 Å². The Morgan fingerprint density at radius 2 is 1.87 bits per heavy atom. The van der Waals surface area contributed by atoms with Gasteiger partial charge in [0.15, 0.2) is 0 Å². The standard InChI is InChI=1S/C17H14ClFN2OS.C2HF3O2/c18-13-3-6-15-16(7-13)23-17(21-15)12-1-4-14(5-2-12)22-10-11(8-19)9-20;3-2(4,5)1(6)7/h1-8H,9-10,20H2;(H,6,7)/b11-8-;. The fraction of sp³-hybridized carbons (Fsp3) is 0.158. The molecule has 0 fully saturated rings. The minimum absolute atomic E-state index is 0.142. The van der Waals surface area contributed by atoms with E-state index in [0.717, 1.165) is 20.8 Å². The molecule has 0 atom stereocenters. The van der Waals surface area contributed by atoms with Gasteiger partial charge in [0.2, 0.25) is 0 Å². The maximum absolute atomic E-state index is 12.4. The van der Waals surface area contributed by atoms with Gasteiger partial charge in [-0.15, -0.1) is 11.3 Å². The average molecular weight is 463 g/mol. The van der Waals surface area contributed by atoms with Gasteiger partial charge in [0, 0.05) is 22.7 Å². The number of aliphatic carboxylic acids is 1. The summed E-state index contributed by atoms with van der Waals surface area (Å²) in [5.41, 5.74) is 7.73. The number of aromatic nitrogens is 1. The number of benzene rings is 2. The Bertz CT molecular complexity index is 1040. The highest BCUT2D eigenvalue weighted by Gasteiger charge is 2.38. The first kappa shape index (κ1) is 23.6. The molecule has 0 aliphatic carbocycles. The molecular formula is C19H15ClF4N2O3S. The van der Waals surface area contributed by atoms with Crippen molar-refractivity contribution in [3.8, 4) is 16.3 Å². The molecular weight excluding hydrogens is 448 g/mol. The Hall–Kier alpha value is -2.69. The van der Waals surface area contributed by atoms with Crippen LogP contribution in [0.15, 0.2) is 54.4 Å². The first-order valence-corrected chi connectivity index (χ1v) is 9.41. The molecule has 0 aliphatic rings. The highest BCUT2D eigenvalue weighted by atomic mass is 35.5. The summed E-state index contributed by atoms with van der Waals surface area (Å²) >= 11 is 7.59. The van der Waals surface area contributed by atoms with Gasteiger partial charge < -0.3 is 15.6 Å². The number of rotatable bonds is 5. The van der Waals surface area contributed by atoms with E-state index in [1.54, 1.807) is 11.3 Å². The van der Waals surface area contributed by atoms with Gasteiger partial charge in [-0.2, -0.15) is 13.2 Å². The van der Waals surface area contributed by atoms with Crippen LogP contribution in [0.2, 0.25) is 5.02 Å². The zero-order valence-corrected chi connectivity index (χ0v) is 16.7. The second kappa shape index (κ2) is 10.4. The second-order valence-corrected chi connectivity index (χ2v) is 7.19. The van der Waals surface area contributed by atoms with Crippen molar-refractivity contribution in [2.45, 2.75) is 6.18 Å². The molecule has 11 heteroatoms. The molecule has 2 aromatic carbocycles. The number of alkyl halides is 3. The van der Waals surface area contributed by atoms with E-state index in [0.29, 0.717) is 22.7 Å². The summed E-state index contributed by atoms with van der Waals surface area (Å²) in [4.78, 5) is 13.5. The van der Waals surface area contributed by atoms with E-state index in [1.807, 2.05) is 42.5 Å². The van der Waals surface area contributed by atoms with Crippen molar-refractivity contribution < 1.29 is 32.2 Å². The molecule has 0 aliphatic heterocycles. The van der Waals surface area contributed by atoms with Crippen molar-refractivity contribution in [2.24, 2.45) is 5.73 Å². The predicted octanol–water partition coefficient (Wildman–Crippen LogP) is 5.44. The molecule has 0 saturated heterocycles. The first-order valence-electron chi connectivity index (χ1n) is 8.21. The highest BCUT2D eigenvalue weighted by Crippen LogP contribution is 2.32. The van der Waals surface area contributed by atoms with Crippen LogP contribution in [-0.4, -0.2) is 35.4 Å². The smallest absolute Gasteiger partial charge is 0.489 e. The number of hydrogen-bond donors (Lipinski definition) is 2. The summed E-state index contributed by atoms with van der Waals surface area (Å²) in [5, 5.41) is 8.74. The maximum Gasteiger partial charge on any atom is 0.490 e. The molecule has 0 spiro atoms. The largest absolute Gasteiger partial charge is 0.490 e. The van der Waals surface area contributed by atoms with Gasteiger partial charge in [0.25, 0.3) is 0 Å². The van der Waals surface area contributed by atoms with Crippen LogP contribution in [0.1, 0.15) is 0 Å². The summed E-state index contributed by atoms with van der Waals surface area (Å²) in [6, 6.07) is 13.2. The van der Waals surface area contributed by atoms with E-state index < -0.39 is 12.1 Å². The molecule has 3 N–H and O–H groups in total. The van der Waals surface area contributed by atoms with Crippen LogP contribution < -0.4 is 10.5 Å². The minimum Gasteiger partial charge on any atom is -0.489 e. The molecule has 1 aromatic heterocycles. The van der Waals surface area contributed by atoms with Gasteiger partial charge in [-0.05, 0) is 42.5 Å². The lowest BCUT2D eigenvalue weighted by Crippen LogP contribution is -2.21. The number of hydrogen-bond acceptors (Lipinski definition) is 5. The molecule has 1 heterocycles. The topological polar surface area (TPSA) is 85.4 Å². The first-order chi connectivity index (χ1) is 14.1. The van der Waals surface area contributed by atoms with Crippen LogP contribution in [0.25, 0.3) is 20.8 Å². The van der Waals surface area contributed by atoms with E-state index in [4.69, 9.17) is 32.0 Å². The molecule has 30 heavy (non-hydrogen) atoms. The molecule has 3 rings (SSSR count). The predicted molar refractivity (Wildman–Crippen MR) is 107 cm³/mol. The lowest BCUT2D eigenvalue weighted by Gasteiger charge is -2.07. The Kier molecular flexibility index (Phi) is 8.16. The third kappa shape index (κ3) is 6.68. The number of carboxylic acids is 1. The van der Waals surface area contributed by atoms with E-state index in [1.165, 1.54) is 0 Å². The van der Waals surface area contributed by atoms with E-state index >= 15 is 0 Å². The number of carbonyl (C=O) groups is 1.